The summed E-state index contributed by atoms with van der Waals surface area (Å²) in [5.74, 6) is -0.0798. The van der Waals surface area contributed by atoms with Crippen molar-refractivity contribution in [3.05, 3.63) is 60.0 Å². The van der Waals surface area contributed by atoms with Crippen LogP contribution in [0.3, 0.4) is 0 Å². The van der Waals surface area contributed by atoms with E-state index in [1.807, 2.05) is 24.3 Å². The molecular formula is C30H33FN4O3S2. The minimum Gasteiger partial charge on any atom is -0.368 e. The summed E-state index contributed by atoms with van der Waals surface area (Å²) in [7, 11) is -2.47. The molecule has 1 aliphatic heterocycles. The van der Waals surface area contributed by atoms with E-state index in [9.17, 15) is 23.6 Å². The van der Waals surface area contributed by atoms with Gasteiger partial charge >= 0.3 is 0 Å². The standard InChI is InChI=1S/C30H33FN4O3S2/c31-25-8-4-3-7-24(25)29-33-26(22-5-1-2-6-23(22)28(36)34-30(19-32)13-14-30)27(39-29)20-9-11-21(12-10-20)35-15-17-40(37,38)18-16-35/h3-4,7-12,22-23,37-38H,1-2,5-6,13-18H2,(H,34,36)/t22-,23-/m1/s1. The van der Waals surface area contributed by atoms with Gasteiger partial charge in [0, 0.05) is 36.2 Å². The molecule has 3 fully saturated rings. The van der Waals surface area contributed by atoms with Crippen LogP contribution in [0.4, 0.5) is 10.1 Å². The third-order valence-electron chi connectivity index (χ3n) is 8.41. The molecule has 40 heavy (non-hydrogen) atoms. The Morgan fingerprint density at radius 3 is 2.48 bits per heavy atom. The summed E-state index contributed by atoms with van der Waals surface area (Å²) in [5, 5.41) is 13.1. The van der Waals surface area contributed by atoms with Crippen LogP contribution in [-0.2, 0) is 4.79 Å². The highest BCUT2D eigenvalue weighted by Gasteiger charge is 2.47. The Balaban J connectivity index is 1.35. The summed E-state index contributed by atoms with van der Waals surface area (Å²) < 4.78 is 34.8. The number of anilines is 1. The lowest BCUT2D eigenvalue weighted by Crippen LogP contribution is -2.42. The van der Waals surface area contributed by atoms with Crippen molar-refractivity contribution in [3.8, 4) is 27.1 Å². The van der Waals surface area contributed by atoms with E-state index in [0.29, 0.717) is 48.0 Å². The molecular weight excluding hydrogens is 547 g/mol. The molecule has 3 N–H and O–H groups in total. The van der Waals surface area contributed by atoms with Crippen LogP contribution in [0.25, 0.3) is 21.0 Å². The van der Waals surface area contributed by atoms with Crippen LogP contribution in [-0.4, -0.2) is 50.1 Å². The zero-order valence-electron chi connectivity index (χ0n) is 22.2. The first-order valence-corrected chi connectivity index (χ1v) is 16.6. The molecule has 2 saturated carbocycles. The Labute approximate surface area is 239 Å². The molecule has 1 aromatic heterocycles. The number of thiazole rings is 1. The topological polar surface area (TPSA) is 109 Å². The zero-order chi connectivity index (χ0) is 27.9. The first-order chi connectivity index (χ1) is 19.3. The van der Waals surface area contributed by atoms with E-state index in [-0.39, 0.29) is 23.6 Å². The van der Waals surface area contributed by atoms with Crippen LogP contribution in [0.5, 0.6) is 0 Å². The highest BCUT2D eigenvalue weighted by atomic mass is 32.3. The monoisotopic (exact) mass is 580 g/mol. The number of rotatable bonds is 6. The van der Waals surface area contributed by atoms with Gasteiger partial charge in [-0.1, -0.05) is 37.1 Å². The summed E-state index contributed by atoms with van der Waals surface area (Å²) >= 11 is 1.45. The molecule has 210 valence electrons. The van der Waals surface area contributed by atoms with Gasteiger partial charge in [-0.15, -0.1) is 11.3 Å². The van der Waals surface area contributed by atoms with Crippen molar-refractivity contribution in [2.45, 2.75) is 50.0 Å². The number of nitriles is 1. The predicted octanol–water partition coefficient (Wildman–Crippen LogP) is 6.63. The van der Waals surface area contributed by atoms with Crippen LogP contribution >= 0.6 is 21.9 Å². The van der Waals surface area contributed by atoms with E-state index >= 15 is 0 Å². The Morgan fingerprint density at radius 2 is 1.80 bits per heavy atom. The van der Waals surface area contributed by atoms with Crippen LogP contribution in [0.1, 0.15) is 50.1 Å². The van der Waals surface area contributed by atoms with Crippen LogP contribution in [0.2, 0.25) is 0 Å². The smallest absolute Gasteiger partial charge is 0.225 e. The molecule has 2 heterocycles. The second-order valence-electron chi connectivity index (χ2n) is 11.1. The normalized spacial score (nSPS) is 24.1. The number of halogens is 1. The fourth-order valence-electron chi connectivity index (χ4n) is 5.84. The lowest BCUT2D eigenvalue weighted by Gasteiger charge is -2.41. The zero-order valence-corrected chi connectivity index (χ0v) is 23.8. The number of hydrogen-bond acceptors (Lipinski definition) is 7. The van der Waals surface area contributed by atoms with Gasteiger partial charge in [0.2, 0.25) is 5.91 Å². The summed E-state index contributed by atoms with van der Waals surface area (Å²) in [5.41, 5.74) is 2.52. The average molecular weight is 581 g/mol. The maximum atomic E-state index is 14.8. The molecule has 10 heteroatoms. The molecule has 0 unspecified atom stereocenters. The Kier molecular flexibility index (Phi) is 7.34. The fourth-order valence-corrected chi connectivity index (χ4v) is 8.24. The quantitative estimate of drug-likeness (QED) is 0.302. The minimum absolute atomic E-state index is 0.0819. The molecule has 6 rings (SSSR count). The fraction of sp³-hybridized carbons (Fsp3) is 0.433. The van der Waals surface area contributed by atoms with Crippen molar-refractivity contribution in [3.63, 3.8) is 0 Å². The van der Waals surface area contributed by atoms with E-state index in [2.05, 4.69) is 16.3 Å². The molecule has 7 nitrogen and oxygen atoms in total. The van der Waals surface area contributed by atoms with Gasteiger partial charge in [0.1, 0.15) is 16.4 Å². The van der Waals surface area contributed by atoms with Crippen molar-refractivity contribution in [1.82, 2.24) is 10.3 Å². The number of nitrogens with zero attached hydrogens (tertiary/aromatic N) is 3. The molecule has 0 spiro atoms. The van der Waals surface area contributed by atoms with Gasteiger partial charge in [0.15, 0.2) is 0 Å². The summed E-state index contributed by atoms with van der Waals surface area (Å²) in [6.07, 6.45) is 4.85. The molecule has 2 aliphatic carbocycles. The maximum absolute atomic E-state index is 14.8. The van der Waals surface area contributed by atoms with Gasteiger partial charge in [0.05, 0.1) is 28.1 Å². The van der Waals surface area contributed by atoms with Crippen LogP contribution < -0.4 is 10.2 Å². The second kappa shape index (κ2) is 10.8. The lowest BCUT2D eigenvalue weighted by molar-refractivity contribution is -0.127. The number of amides is 1. The van der Waals surface area contributed by atoms with Crippen LogP contribution in [0, 0.1) is 23.1 Å². The van der Waals surface area contributed by atoms with E-state index in [1.165, 1.54) is 17.4 Å². The second-order valence-corrected chi connectivity index (χ2v) is 14.6. The molecule has 1 amide bonds. The Morgan fingerprint density at radius 1 is 1.10 bits per heavy atom. The number of aromatic nitrogens is 1. The molecule has 3 aliphatic rings. The largest absolute Gasteiger partial charge is 0.368 e. The van der Waals surface area contributed by atoms with Gasteiger partial charge in [0.25, 0.3) is 0 Å². The molecule has 0 radical (unpaired) electrons. The molecule has 1 saturated heterocycles. The highest BCUT2D eigenvalue weighted by molar-refractivity contribution is 8.24. The van der Waals surface area contributed by atoms with Gasteiger partial charge in [-0.25, -0.2) is 9.37 Å². The molecule has 0 bridgehead atoms. The third kappa shape index (κ3) is 5.48. The van der Waals surface area contributed by atoms with Crippen molar-refractivity contribution in [2.75, 3.05) is 29.5 Å². The number of carbonyl (C=O) groups excluding carboxylic acids is 1. The summed E-state index contributed by atoms with van der Waals surface area (Å²) in [6, 6.07) is 17.1. The molecule has 2 atom stereocenters. The first kappa shape index (κ1) is 27.2. The SMILES string of the molecule is N#CC1(NC(=O)[C@@H]2CCCC[C@H]2c2nc(-c3ccccc3F)sc2-c2ccc(N3CCS(O)(O)CC3)cc2)CC1. The first-order valence-electron chi connectivity index (χ1n) is 13.9. The Bertz CT molecular complexity index is 1440. The summed E-state index contributed by atoms with van der Waals surface area (Å²) in [4.78, 5) is 21.6. The van der Waals surface area contributed by atoms with Gasteiger partial charge in [-0.3, -0.25) is 13.9 Å². The van der Waals surface area contributed by atoms with Gasteiger partial charge < -0.3 is 10.2 Å². The Hall–Kier alpha value is -2.97. The average Bonchev–Trinajstić information content (AvgIpc) is 3.60. The van der Waals surface area contributed by atoms with Gasteiger partial charge in [-0.05, 0) is 55.5 Å². The highest BCUT2D eigenvalue weighted by Crippen LogP contribution is 2.47. The summed E-state index contributed by atoms with van der Waals surface area (Å²) in [6.45, 7) is 1.18. The molecule has 2 aromatic carbocycles. The van der Waals surface area contributed by atoms with E-state index < -0.39 is 16.1 Å². The van der Waals surface area contributed by atoms with Gasteiger partial charge in [-0.2, -0.15) is 15.9 Å². The minimum atomic E-state index is -2.47. The van der Waals surface area contributed by atoms with Crippen molar-refractivity contribution in [1.29, 1.82) is 5.26 Å². The van der Waals surface area contributed by atoms with E-state index in [1.54, 1.807) is 18.2 Å². The van der Waals surface area contributed by atoms with Crippen molar-refractivity contribution < 1.29 is 18.3 Å². The lowest BCUT2D eigenvalue weighted by atomic mass is 9.76. The van der Waals surface area contributed by atoms with E-state index in [4.69, 9.17) is 4.98 Å². The number of benzene rings is 2. The van der Waals surface area contributed by atoms with Crippen molar-refractivity contribution in [2.24, 2.45) is 5.92 Å². The number of nitrogens with one attached hydrogen (secondary N) is 1. The third-order valence-corrected chi connectivity index (χ3v) is 11.2. The number of carbonyl (C=O) groups is 1. The number of hydrogen-bond donors (Lipinski definition) is 3. The molecule has 3 aromatic rings. The predicted molar refractivity (Wildman–Crippen MR) is 158 cm³/mol. The van der Waals surface area contributed by atoms with Crippen LogP contribution in [0.15, 0.2) is 48.5 Å². The maximum Gasteiger partial charge on any atom is 0.225 e. The van der Waals surface area contributed by atoms with Crippen molar-refractivity contribution >= 4 is 33.5 Å². The van der Waals surface area contributed by atoms with E-state index in [0.717, 1.165) is 47.5 Å².